The predicted octanol–water partition coefficient (Wildman–Crippen LogP) is 11.7. The summed E-state index contributed by atoms with van der Waals surface area (Å²) in [6.07, 6.45) is 46.1. The maximum Gasteiger partial charge on any atom is 0.472 e. The third kappa shape index (κ3) is 41.4. The molecule has 3 atom stereocenters. The first kappa shape index (κ1) is 54.4. The van der Waals surface area contributed by atoms with Gasteiger partial charge in [-0.15, -0.1) is 6.58 Å². The van der Waals surface area contributed by atoms with Crippen LogP contribution in [0.2, 0.25) is 0 Å². The smallest absolute Gasteiger partial charge is 0.462 e. The minimum Gasteiger partial charge on any atom is -0.462 e. The van der Waals surface area contributed by atoms with Crippen LogP contribution in [0.25, 0.3) is 0 Å². The largest absolute Gasteiger partial charge is 0.472 e. The monoisotopic (exact) mass is 823 g/mol. The van der Waals surface area contributed by atoms with Crippen LogP contribution in [-0.2, 0) is 32.7 Å². The van der Waals surface area contributed by atoms with E-state index in [9.17, 15) is 24.2 Å². The number of carbonyl (C=O) groups is 2. The van der Waals surface area contributed by atoms with Gasteiger partial charge < -0.3 is 24.6 Å². The van der Waals surface area contributed by atoms with Crippen molar-refractivity contribution >= 4 is 19.8 Å². The molecule has 0 amide bonds. The first-order valence-electron chi connectivity index (χ1n) is 21.9. The summed E-state index contributed by atoms with van der Waals surface area (Å²) in [7, 11) is -4.63. The third-order valence-electron chi connectivity index (χ3n) is 8.99. The van der Waals surface area contributed by atoms with E-state index in [2.05, 4.69) is 78.8 Å². The lowest BCUT2D eigenvalue weighted by molar-refractivity contribution is -0.161. The fourth-order valence-electron chi connectivity index (χ4n) is 5.65. The van der Waals surface area contributed by atoms with Crippen LogP contribution in [0.1, 0.15) is 167 Å². The zero-order valence-corrected chi connectivity index (χ0v) is 36.3. The molecule has 328 valence electrons. The van der Waals surface area contributed by atoms with Gasteiger partial charge in [0, 0.05) is 12.8 Å². The molecule has 0 aliphatic heterocycles. The summed E-state index contributed by atoms with van der Waals surface area (Å²) >= 11 is 0. The van der Waals surface area contributed by atoms with Gasteiger partial charge in [-0.1, -0.05) is 151 Å². The Morgan fingerprint density at radius 2 is 1.00 bits per heavy atom. The highest BCUT2D eigenvalue weighted by Crippen LogP contribution is 2.43. The number of ether oxygens (including phenoxy) is 2. The van der Waals surface area contributed by atoms with Crippen LogP contribution in [0.15, 0.2) is 73.4 Å². The number of esters is 2. The normalized spacial score (nSPS) is 14.3. The standard InChI is InChI=1S/C46H79O10P/c1-3-5-7-9-11-13-15-17-19-20-21-22-24-25-27-29-31-33-35-37-45(49)53-41-44(42-55-57(51,52)54-40-43(48)39-47)56-46(50)38-36-34-32-30-28-26-23-18-16-14-12-10-8-6-4-2/h4-5,7,11,13,17,19,21-22,25,27,43-44,47-48H,2-3,6,8-10,12,14-16,18,20,23-24,26,28-42H2,1H3,(H,51,52)/b7-5+,13-11+,19-17+,22-21+,27-25+/t43-,44+/m0/s1. The second kappa shape index (κ2) is 41.6. The highest BCUT2D eigenvalue weighted by Gasteiger charge is 2.27. The molecule has 0 saturated carbocycles. The van der Waals surface area contributed by atoms with Gasteiger partial charge in [0.25, 0.3) is 0 Å². The number of unbranched alkanes of at least 4 members (excludes halogenated alkanes) is 16. The lowest BCUT2D eigenvalue weighted by Gasteiger charge is -2.20. The number of phosphoric acid groups is 1. The summed E-state index contributed by atoms with van der Waals surface area (Å²) in [6, 6.07) is 0. The van der Waals surface area contributed by atoms with Gasteiger partial charge in [0.1, 0.15) is 12.7 Å². The quantitative estimate of drug-likeness (QED) is 0.0235. The molecule has 0 bridgehead atoms. The molecule has 0 radical (unpaired) electrons. The Hall–Kier alpha value is -2.59. The van der Waals surface area contributed by atoms with Crippen LogP contribution in [0.5, 0.6) is 0 Å². The van der Waals surface area contributed by atoms with E-state index in [0.29, 0.717) is 12.8 Å². The Morgan fingerprint density at radius 1 is 0.579 bits per heavy atom. The molecule has 0 aromatic carbocycles. The lowest BCUT2D eigenvalue weighted by atomic mass is 10.0. The first-order chi connectivity index (χ1) is 27.7. The zero-order valence-electron chi connectivity index (χ0n) is 35.4. The van der Waals surface area contributed by atoms with E-state index in [1.54, 1.807) is 0 Å². The number of phosphoric ester groups is 1. The van der Waals surface area contributed by atoms with E-state index < -0.39 is 51.8 Å². The Bertz CT molecular complexity index is 1160. The van der Waals surface area contributed by atoms with Gasteiger partial charge >= 0.3 is 19.8 Å². The van der Waals surface area contributed by atoms with Crippen molar-refractivity contribution in [2.75, 3.05) is 26.4 Å². The maximum atomic E-state index is 12.6. The molecule has 0 aliphatic carbocycles. The molecular weight excluding hydrogens is 743 g/mol. The second-order valence-corrected chi connectivity index (χ2v) is 15.9. The van der Waals surface area contributed by atoms with Crippen LogP contribution in [0.4, 0.5) is 0 Å². The molecular formula is C46H79O10P. The molecule has 11 heteroatoms. The molecule has 0 rings (SSSR count). The Morgan fingerprint density at radius 3 is 1.51 bits per heavy atom. The van der Waals surface area contributed by atoms with Crippen LogP contribution in [0, 0.1) is 0 Å². The van der Waals surface area contributed by atoms with Crippen molar-refractivity contribution in [3.05, 3.63) is 73.4 Å². The molecule has 57 heavy (non-hydrogen) atoms. The summed E-state index contributed by atoms with van der Waals surface area (Å²) in [5, 5.41) is 18.3. The van der Waals surface area contributed by atoms with Gasteiger partial charge in [-0.25, -0.2) is 4.57 Å². The van der Waals surface area contributed by atoms with E-state index in [-0.39, 0.29) is 19.4 Å². The number of rotatable bonds is 41. The Labute approximate surface area is 346 Å². The summed E-state index contributed by atoms with van der Waals surface area (Å²) < 4.78 is 32.7. The number of aliphatic hydroxyl groups excluding tert-OH is 2. The van der Waals surface area contributed by atoms with E-state index in [1.165, 1.54) is 57.8 Å². The van der Waals surface area contributed by atoms with E-state index in [4.69, 9.17) is 19.1 Å². The molecule has 0 aromatic heterocycles. The fraction of sp³-hybridized carbons (Fsp3) is 0.696. The summed E-state index contributed by atoms with van der Waals surface area (Å²) in [4.78, 5) is 35.0. The van der Waals surface area contributed by atoms with Crippen molar-refractivity contribution in [2.24, 2.45) is 0 Å². The molecule has 0 aliphatic rings. The number of allylic oxidation sites excluding steroid dienone is 11. The fourth-order valence-corrected chi connectivity index (χ4v) is 6.44. The van der Waals surface area contributed by atoms with Crippen LogP contribution in [-0.4, -0.2) is 65.7 Å². The predicted molar refractivity (Wildman–Crippen MR) is 233 cm³/mol. The molecule has 1 unspecified atom stereocenters. The summed E-state index contributed by atoms with van der Waals surface area (Å²) in [5.41, 5.74) is 0. The molecule has 10 nitrogen and oxygen atoms in total. The summed E-state index contributed by atoms with van der Waals surface area (Å²) in [6.45, 7) is 3.74. The highest BCUT2D eigenvalue weighted by molar-refractivity contribution is 7.47. The third-order valence-corrected chi connectivity index (χ3v) is 9.94. The maximum absolute atomic E-state index is 12.6. The zero-order chi connectivity index (χ0) is 41.9. The molecule has 0 spiro atoms. The van der Waals surface area contributed by atoms with E-state index in [0.717, 1.165) is 77.0 Å². The molecule has 3 N–H and O–H groups in total. The number of hydrogen-bond donors (Lipinski definition) is 3. The lowest BCUT2D eigenvalue weighted by Crippen LogP contribution is -2.29. The van der Waals surface area contributed by atoms with Gasteiger partial charge in [-0.05, 0) is 70.6 Å². The second-order valence-electron chi connectivity index (χ2n) is 14.4. The number of aliphatic hydroxyl groups is 2. The van der Waals surface area contributed by atoms with E-state index in [1.807, 2.05) is 6.08 Å². The van der Waals surface area contributed by atoms with Crippen molar-refractivity contribution in [1.82, 2.24) is 0 Å². The average molecular weight is 823 g/mol. The first-order valence-corrected chi connectivity index (χ1v) is 23.3. The SMILES string of the molecule is C=CCCCCCCCCCCCCCCCC(=O)O[C@H](COC(=O)CCCCC/C=C/C/C=C/C/C=C/C/C=C/C/C=C/CC)COP(=O)(O)OC[C@@H](O)CO. The number of hydrogen-bond acceptors (Lipinski definition) is 9. The number of carbonyl (C=O) groups excluding carboxylic acids is 2. The topological polar surface area (TPSA) is 149 Å². The van der Waals surface area contributed by atoms with E-state index >= 15 is 0 Å². The highest BCUT2D eigenvalue weighted by atomic mass is 31.2. The molecule has 0 saturated heterocycles. The van der Waals surface area contributed by atoms with Crippen molar-refractivity contribution in [1.29, 1.82) is 0 Å². The molecule has 0 aromatic rings. The van der Waals surface area contributed by atoms with Gasteiger partial charge in [-0.2, -0.15) is 0 Å². The van der Waals surface area contributed by atoms with Crippen molar-refractivity contribution in [2.45, 2.75) is 180 Å². The van der Waals surface area contributed by atoms with Gasteiger partial charge in [0.05, 0.1) is 19.8 Å². The minimum atomic E-state index is -4.63. The average Bonchev–Trinajstić information content (AvgIpc) is 3.20. The van der Waals surface area contributed by atoms with Crippen molar-refractivity contribution in [3.63, 3.8) is 0 Å². The van der Waals surface area contributed by atoms with Crippen molar-refractivity contribution < 1.29 is 47.8 Å². The van der Waals surface area contributed by atoms with Crippen LogP contribution in [0.3, 0.4) is 0 Å². The van der Waals surface area contributed by atoms with Crippen LogP contribution >= 0.6 is 7.82 Å². The molecule has 0 heterocycles. The van der Waals surface area contributed by atoms with Crippen LogP contribution < -0.4 is 0 Å². The van der Waals surface area contributed by atoms with Gasteiger partial charge in [-0.3, -0.25) is 18.6 Å². The minimum absolute atomic E-state index is 0.172. The Kier molecular flexibility index (Phi) is 39.7. The van der Waals surface area contributed by atoms with Gasteiger partial charge in [0.15, 0.2) is 6.10 Å². The molecule has 0 fully saturated rings. The summed E-state index contributed by atoms with van der Waals surface area (Å²) in [5.74, 6) is -0.969. The Balaban J connectivity index is 4.34. The van der Waals surface area contributed by atoms with Crippen molar-refractivity contribution in [3.8, 4) is 0 Å². The van der Waals surface area contributed by atoms with Gasteiger partial charge in [0.2, 0.25) is 0 Å².